The molecule has 0 N–H and O–H groups in total. The molecule has 4 saturated carbocycles. The van der Waals surface area contributed by atoms with Gasteiger partial charge in [-0.25, -0.2) is 0 Å². The molecule has 4 heteroatoms. The molecule has 5 aliphatic carbocycles. The molecule has 0 aliphatic heterocycles. The van der Waals surface area contributed by atoms with Crippen molar-refractivity contribution in [3.8, 4) is 0 Å². The molecule has 36 heavy (non-hydrogen) atoms. The smallest absolute Gasteiger partial charge is 0.312 e. The SMILES string of the molecule is COC(=O)[C@]12CC[C@@H](C(C)C)[C@@H]1[C@H]1CC[C@@H]3[C@@]4(C)C=C(OC)C(=O)C(C)(C)[C@@H]4CC[C@@]3(C)[C@]1(C)CC2. The van der Waals surface area contributed by atoms with E-state index in [9.17, 15) is 9.59 Å². The molecular weight excluding hydrogens is 448 g/mol. The summed E-state index contributed by atoms with van der Waals surface area (Å²) in [5.41, 5.74) is -0.418. The predicted octanol–water partition coefficient (Wildman–Crippen LogP) is 7.22. The fourth-order valence-electron chi connectivity index (χ4n) is 11.6. The van der Waals surface area contributed by atoms with Gasteiger partial charge in [0.25, 0.3) is 0 Å². The van der Waals surface area contributed by atoms with E-state index >= 15 is 0 Å². The third-order valence-corrected chi connectivity index (χ3v) is 13.4. The van der Waals surface area contributed by atoms with Gasteiger partial charge in [0, 0.05) is 5.41 Å². The first-order chi connectivity index (χ1) is 16.7. The largest absolute Gasteiger partial charge is 0.493 e. The van der Waals surface area contributed by atoms with Crippen LogP contribution in [0, 0.1) is 62.6 Å². The van der Waals surface area contributed by atoms with E-state index in [0.717, 1.165) is 32.1 Å². The average molecular weight is 499 g/mol. The van der Waals surface area contributed by atoms with Crippen molar-refractivity contribution in [2.45, 2.75) is 99.8 Å². The molecular formula is C32H50O4. The van der Waals surface area contributed by atoms with Crippen molar-refractivity contribution >= 4 is 11.8 Å². The number of allylic oxidation sites excluding steroid dienone is 2. The number of carbonyl (C=O) groups is 2. The summed E-state index contributed by atoms with van der Waals surface area (Å²) in [7, 11) is 3.25. The summed E-state index contributed by atoms with van der Waals surface area (Å²) in [6.07, 6.45) is 11.1. The van der Waals surface area contributed by atoms with Crippen LogP contribution < -0.4 is 0 Å². The van der Waals surface area contributed by atoms with Crippen LogP contribution in [0.5, 0.6) is 0 Å². The van der Waals surface area contributed by atoms with E-state index in [1.54, 1.807) is 14.2 Å². The summed E-state index contributed by atoms with van der Waals surface area (Å²) < 4.78 is 11.2. The van der Waals surface area contributed by atoms with Crippen LogP contribution >= 0.6 is 0 Å². The molecule has 0 amide bonds. The van der Waals surface area contributed by atoms with Gasteiger partial charge in [-0.15, -0.1) is 0 Å². The summed E-state index contributed by atoms with van der Waals surface area (Å²) in [6, 6.07) is 0. The first-order valence-corrected chi connectivity index (χ1v) is 14.6. The lowest BCUT2D eigenvalue weighted by Crippen LogP contribution is -2.66. The number of ketones is 1. The van der Waals surface area contributed by atoms with Gasteiger partial charge in [0.2, 0.25) is 5.78 Å². The van der Waals surface area contributed by atoms with Crippen LogP contribution in [-0.2, 0) is 19.1 Å². The van der Waals surface area contributed by atoms with Crippen molar-refractivity contribution in [2.75, 3.05) is 14.2 Å². The number of carbonyl (C=O) groups excluding carboxylic acids is 2. The van der Waals surface area contributed by atoms with Gasteiger partial charge in [0.05, 0.1) is 19.6 Å². The van der Waals surface area contributed by atoms with Crippen LogP contribution in [0.25, 0.3) is 0 Å². The van der Waals surface area contributed by atoms with Crippen molar-refractivity contribution in [1.82, 2.24) is 0 Å². The van der Waals surface area contributed by atoms with Gasteiger partial charge in [0.1, 0.15) is 0 Å². The number of hydrogen-bond donors (Lipinski definition) is 0. The number of methoxy groups -OCH3 is 2. The third-order valence-electron chi connectivity index (χ3n) is 13.4. The second-order valence-electron chi connectivity index (χ2n) is 14.9. The molecule has 5 rings (SSSR count). The predicted molar refractivity (Wildman–Crippen MR) is 142 cm³/mol. The number of hydrogen-bond acceptors (Lipinski definition) is 4. The number of fused-ring (bicyclic) bond motifs is 7. The maximum absolute atomic E-state index is 13.4. The van der Waals surface area contributed by atoms with Crippen LogP contribution in [0.2, 0.25) is 0 Å². The molecule has 0 saturated heterocycles. The maximum atomic E-state index is 13.4. The number of ether oxygens (including phenoxy) is 2. The van der Waals surface area contributed by atoms with Gasteiger partial charge in [-0.3, -0.25) is 9.59 Å². The van der Waals surface area contributed by atoms with Crippen molar-refractivity contribution in [1.29, 1.82) is 0 Å². The van der Waals surface area contributed by atoms with Crippen LogP contribution in [0.3, 0.4) is 0 Å². The zero-order valence-corrected chi connectivity index (χ0v) is 24.3. The normalized spacial score (nSPS) is 49.3. The Balaban J connectivity index is 1.60. The Morgan fingerprint density at radius 1 is 0.889 bits per heavy atom. The summed E-state index contributed by atoms with van der Waals surface area (Å²) in [6.45, 7) is 16.6. The minimum absolute atomic E-state index is 0.0564. The molecule has 0 aromatic carbocycles. The topological polar surface area (TPSA) is 52.6 Å². The number of rotatable bonds is 3. The van der Waals surface area contributed by atoms with Crippen molar-refractivity contribution in [2.24, 2.45) is 62.6 Å². The Bertz CT molecular complexity index is 979. The molecule has 0 bridgehead atoms. The molecule has 4 fully saturated rings. The molecule has 0 heterocycles. The summed E-state index contributed by atoms with van der Waals surface area (Å²) >= 11 is 0. The van der Waals surface area contributed by atoms with E-state index in [-0.39, 0.29) is 33.4 Å². The second-order valence-corrected chi connectivity index (χ2v) is 14.9. The molecule has 9 atom stereocenters. The lowest BCUT2D eigenvalue weighted by molar-refractivity contribution is -0.225. The van der Waals surface area contributed by atoms with E-state index in [1.165, 1.54) is 19.3 Å². The lowest BCUT2D eigenvalue weighted by Gasteiger charge is -2.71. The Morgan fingerprint density at radius 3 is 2.19 bits per heavy atom. The summed E-state index contributed by atoms with van der Waals surface area (Å²) in [5, 5.41) is 0. The number of esters is 1. The van der Waals surface area contributed by atoms with E-state index in [0.29, 0.717) is 41.3 Å². The fraction of sp³-hybridized carbons (Fsp3) is 0.875. The van der Waals surface area contributed by atoms with Gasteiger partial charge in [0.15, 0.2) is 5.76 Å². The molecule has 0 radical (unpaired) electrons. The zero-order valence-electron chi connectivity index (χ0n) is 24.3. The maximum Gasteiger partial charge on any atom is 0.312 e. The zero-order chi connectivity index (χ0) is 26.5. The van der Waals surface area contributed by atoms with Crippen molar-refractivity contribution in [3.63, 3.8) is 0 Å². The van der Waals surface area contributed by atoms with Gasteiger partial charge in [-0.1, -0.05) is 48.5 Å². The Kier molecular flexibility index (Phi) is 5.91. The monoisotopic (exact) mass is 498 g/mol. The molecule has 5 aliphatic rings. The van der Waals surface area contributed by atoms with Crippen LogP contribution in [0.1, 0.15) is 99.8 Å². The molecule has 0 spiro atoms. The Morgan fingerprint density at radius 2 is 1.58 bits per heavy atom. The van der Waals surface area contributed by atoms with Crippen LogP contribution in [0.15, 0.2) is 11.8 Å². The standard InChI is InChI=1S/C32H50O4/c1-19(2)20-12-15-32(27(34)36-9)17-16-30(6)21(25(20)32)10-11-24-29(5)18-22(35-8)26(33)28(3,4)23(29)13-14-31(24,30)7/h18-21,23-25H,10-17H2,1-9H3/t20-,21+,23-,24+,25+,29-,30+,31+,32-/m0/s1. The Hall–Kier alpha value is -1.32. The van der Waals surface area contributed by atoms with E-state index in [4.69, 9.17) is 9.47 Å². The van der Waals surface area contributed by atoms with Gasteiger partial charge >= 0.3 is 5.97 Å². The molecule has 0 aromatic rings. The number of Topliss-reactive ketones (excluding diaryl/α,β-unsaturated/α-hetero) is 1. The molecule has 0 aromatic heterocycles. The molecule has 4 nitrogen and oxygen atoms in total. The fourth-order valence-corrected chi connectivity index (χ4v) is 11.6. The highest BCUT2D eigenvalue weighted by atomic mass is 16.5. The third kappa shape index (κ3) is 2.99. The van der Waals surface area contributed by atoms with Crippen molar-refractivity contribution < 1.29 is 19.1 Å². The molecule has 202 valence electrons. The highest BCUT2D eigenvalue weighted by Gasteiger charge is 2.72. The van der Waals surface area contributed by atoms with Crippen LogP contribution in [0.4, 0.5) is 0 Å². The first kappa shape index (κ1) is 26.3. The van der Waals surface area contributed by atoms with Crippen LogP contribution in [-0.4, -0.2) is 26.0 Å². The Labute approximate surface area is 219 Å². The first-order valence-electron chi connectivity index (χ1n) is 14.6. The quantitative estimate of drug-likeness (QED) is 0.386. The van der Waals surface area contributed by atoms with Gasteiger partial charge < -0.3 is 9.47 Å². The summed E-state index contributed by atoms with van der Waals surface area (Å²) in [4.78, 5) is 26.7. The van der Waals surface area contributed by atoms with E-state index < -0.39 is 5.41 Å². The van der Waals surface area contributed by atoms with E-state index in [1.807, 2.05) is 0 Å². The average Bonchev–Trinajstić information content (AvgIpc) is 3.22. The highest BCUT2D eigenvalue weighted by molar-refractivity contribution is 5.99. The molecule has 0 unspecified atom stereocenters. The lowest BCUT2D eigenvalue weighted by atomic mass is 9.33. The van der Waals surface area contributed by atoms with Gasteiger partial charge in [-0.05, 0) is 109 Å². The van der Waals surface area contributed by atoms with Crippen molar-refractivity contribution in [3.05, 3.63) is 11.8 Å². The van der Waals surface area contributed by atoms with E-state index in [2.05, 4.69) is 54.5 Å². The highest BCUT2D eigenvalue weighted by Crippen LogP contribution is 2.77. The summed E-state index contributed by atoms with van der Waals surface area (Å²) in [5.74, 6) is 3.77. The minimum atomic E-state index is -0.408. The van der Waals surface area contributed by atoms with Gasteiger partial charge in [-0.2, -0.15) is 0 Å². The minimum Gasteiger partial charge on any atom is -0.493 e. The second kappa shape index (κ2) is 8.09.